The molecule has 0 fully saturated rings. The van der Waals surface area contributed by atoms with E-state index in [0.717, 1.165) is 17.0 Å². The lowest BCUT2D eigenvalue weighted by molar-refractivity contribution is -0.134. The number of hydrogen-bond donors (Lipinski definition) is 1. The van der Waals surface area contributed by atoms with Crippen molar-refractivity contribution in [3.63, 3.8) is 0 Å². The second kappa shape index (κ2) is 8.96. The summed E-state index contributed by atoms with van der Waals surface area (Å²) in [4.78, 5) is 23.1. The summed E-state index contributed by atoms with van der Waals surface area (Å²) in [6.07, 6.45) is 1.11. The van der Waals surface area contributed by atoms with Gasteiger partial charge in [-0.05, 0) is 86.3 Å². The van der Waals surface area contributed by atoms with E-state index in [1.54, 1.807) is 0 Å². The maximum Gasteiger partial charge on any atom is 0.311 e. The van der Waals surface area contributed by atoms with Crippen LogP contribution < -0.4 is 9.46 Å². The summed E-state index contributed by atoms with van der Waals surface area (Å²) in [5.41, 5.74) is 0. The summed E-state index contributed by atoms with van der Waals surface area (Å²) >= 11 is 6.36. The van der Waals surface area contributed by atoms with E-state index in [9.17, 15) is 18.0 Å². The Morgan fingerprint density at radius 2 is 1.68 bits per heavy atom. The maximum atomic E-state index is 11.8. The monoisotopic (exact) mass is 663 g/mol. The standard InChI is InChI=1S/C12H12I3NO5S/c1-22(19,20)16-10(17)3-2-4-11(18)21-12-8(14)5-7(13)6-9(12)15/h5-6H,2-4H2,1H3,(H,16,17). The van der Waals surface area contributed by atoms with Gasteiger partial charge < -0.3 is 4.74 Å². The van der Waals surface area contributed by atoms with E-state index in [2.05, 4.69) is 67.8 Å². The van der Waals surface area contributed by atoms with Crippen LogP contribution in [0.1, 0.15) is 19.3 Å². The Hall–Kier alpha value is 0.300. The minimum absolute atomic E-state index is 0.0370. The Balaban J connectivity index is 2.50. The number of amides is 1. The highest BCUT2D eigenvalue weighted by Gasteiger charge is 2.14. The molecule has 22 heavy (non-hydrogen) atoms. The van der Waals surface area contributed by atoms with Crippen molar-refractivity contribution >= 4 is 89.7 Å². The highest BCUT2D eigenvalue weighted by atomic mass is 127. The van der Waals surface area contributed by atoms with E-state index >= 15 is 0 Å². The predicted octanol–water partition coefficient (Wildman–Crippen LogP) is 2.65. The number of carbonyl (C=O) groups excluding carboxylic acids is 2. The van der Waals surface area contributed by atoms with Crippen LogP contribution in [0.5, 0.6) is 5.75 Å². The quantitative estimate of drug-likeness (QED) is 0.288. The van der Waals surface area contributed by atoms with Gasteiger partial charge in [0.1, 0.15) is 0 Å². The molecule has 1 aromatic carbocycles. The maximum absolute atomic E-state index is 11.8. The van der Waals surface area contributed by atoms with E-state index in [4.69, 9.17) is 4.74 Å². The highest BCUT2D eigenvalue weighted by Crippen LogP contribution is 2.29. The molecular formula is C12H12I3NO5S. The number of carbonyl (C=O) groups is 2. The first-order valence-corrected chi connectivity index (χ1v) is 11.1. The average molecular weight is 663 g/mol. The fourth-order valence-corrected chi connectivity index (χ4v) is 5.76. The number of sulfonamides is 1. The number of hydrogen-bond acceptors (Lipinski definition) is 5. The molecule has 1 aromatic rings. The van der Waals surface area contributed by atoms with Crippen molar-refractivity contribution in [3.05, 3.63) is 22.8 Å². The highest BCUT2D eigenvalue weighted by molar-refractivity contribution is 14.1. The molecule has 6 nitrogen and oxygen atoms in total. The van der Waals surface area contributed by atoms with Crippen molar-refractivity contribution in [2.45, 2.75) is 19.3 Å². The minimum atomic E-state index is -3.56. The fourth-order valence-electron chi connectivity index (χ4n) is 1.44. The van der Waals surface area contributed by atoms with Gasteiger partial charge in [-0.15, -0.1) is 0 Å². The van der Waals surface area contributed by atoms with Crippen molar-refractivity contribution < 1.29 is 22.7 Å². The molecule has 0 aliphatic heterocycles. The predicted molar refractivity (Wildman–Crippen MR) is 107 cm³/mol. The number of esters is 1. The summed E-state index contributed by atoms with van der Waals surface area (Å²) in [6, 6.07) is 3.79. The third kappa shape index (κ3) is 7.72. The number of nitrogens with one attached hydrogen (secondary N) is 1. The Kier molecular flexibility index (Phi) is 8.29. The Bertz CT molecular complexity index is 667. The van der Waals surface area contributed by atoms with Gasteiger partial charge in [0.25, 0.3) is 0 Å². The van der Waals surface area contributed by atoms with Crippen LogP contribution in [0.4, 0.5) is 0 Å². The molecule has 0 spiro atoms. The van der Waals surface area contributed by atoms with Crippen molar-refractivity contribution in [2.24, 2.45) is 0 Å². The lowest BCUT2D eigenvalue weighted by Crippen LogP contribution is -2.29. The molecular weight excluding hydrogens is 651 g/mol. The molecule has 122 valence electrons. The molecule has 0 aliphatic rings. The van der Waals surface area contributed by atoms with E-state index in [0.29, 0.717) is 5.75 Å². The first-order valence-electron chi connectivity index (χ1n) is 5.94. The Morgan fingerprint density at radius 1 is 1.14 bits per heavy atom. The van der Waals surface area contributed by atoms with Crippen LogP contribution in [-0.2, 0) is 19.6 Å². The lowest BCUT2D eigenvalue weighted by atomic mass is 10.2. The SMILES string of the molecule is CS(=O)(=O)NC(=O)CCCC(=O)Oc1c(I)cc(I)cc1I. The summed E-state index contributed by atoms with van der Waals surface area (Å²) in [5.74, 6) is -0.579. The van der Waals surface area contributed by atoms with Gasteiger partial charge in [0.15, 0.2) is 5.75 Å². The minimum Gasteiger partial charge on any atom is -0.424 e. The van der Waals surface area contributed by atoms with Gasteiger partial charge >= 0.3 is 5.97 Å². The van der Waals surface area contributed by atoms with Crippen molar-refractivity contribution in [3.8, 4) is 5.75 Å². The molecule has 0 aliphatic carbocycles. The second-order valence-electron chi connectivity index (χ2n) is 4.32. The third-order valence-electron chi connectivity index (χ3n) is 2.26. The van der Waals surface area contributed by atoms with Crippen molar-refractivity contribution in [1.29, 1.82) is 0 Å². The van der Waals surface area contributed by atoms with Gasteiger partial charge in [0.2, 0.25) is 15.9 Å². The second-order valence-corrected chi connectivity index (χ2v) is 9.64. The van der Waals surface area contributed by atoms with Gasteiger partial charge in [-0.3, -0.25) is 14.3 Å². The van der Waals surface area contributed by atoms with Gasteiger partial charge in [0.05, 0.1) is 13.4 Å². The Labute approximate surface area is 169 Å². The smallest absolute Gasteiger partial charge is 0.311 e. The normalized spacial score (nSPS) is 11.1. The van der Waals surface area contributed by atoms with E-state index in [1.807, 2.05) is 16.9 Å². The van der Waals surface area contributed by atoms with Crippen LogP contribution in [-0.4, -0.2) is 26.6 Å². The van der Waals surface area contributed by atoms with Crippen LogP contribution in [0.3, 0.4) is 0 Å². The average Bonchev–Trinajstić information content (AvgIpc) is 2.31. The van der Waals surface area contributed by atoms with Crippen LogP contribution >= 0.6 is 67.8 Å². The molecule has 0 heterocycles. The zero-order chi connectivity index (χ0) is 16.9. The molecule has 1 N–H and O–H groups in total. The molecule has 1 amide bonds. The number of benzene rings is 1. The summed E-state index contributed by atoms with van der Waals surface area (Å²) in [6.45, 7) is 0. The molecule has 0 bridgehead atoms. The zero-order valence-corrected chi connectivity index (χ0v) is 18.6. The topological polar surface area (TPSA) is 89.5 Å². The van der Waals surface area contributed by atoms with E-state index < -0.39 is 21.9 Å². The third-order valence-corrected chi connectivity index (χ3v) is 5.09. The fraction of sp³-hybridized carbons (Fsp3) is 0.333. The number of ether oxygens (including phenoxy) is 1. The Morgan fingerprint density at radius 3 is 2.18 bits per heavy atom. The van der Waals surface area contributed by atoms with E-state index in [-0.39, 0.29) is 19.3 Å². The summed E-state index contributed by atoms with van der Waals surface area (Å²) in [5, 5.41) is 0. The van der Waals surface area contributed by atoms with Crippen molar-refractivity contribution in [1.82, 2.24) is 4.72 Å². The molecule has 0 saturated carbocycles. The summed E-state index contributed by atoms with van der Waals surface area (Å²) in [7, 11) is -3.56. The lowest BCUT2D eigenvalue weighted by Gasteiger charge is -2.09. The number of rotatable bonds is 6. The van der Waals surface area contributed by atoms with Crippen LogP contribution in [0.15, 0.2) is 12.1 Å². The first-order chi connectivity index (χ1) is 10.1. The molecule has 0 saturated heterocycles. The molecule has 0 radical (unpaired) electrons. The summed E-state index contributed by atoms with van der Waals surface area (Å²) < 4.78 is 31.6. The van der Waals surface area contributed by atoms with Gasteiger partial charge in [-0.1, -0.05) is 0 Å². The molecule has 0 unspecified atom stereocenters. The van der Waals surface area contributed by atoms with Crippen LogP contribution in [0.2, 0.25) is 0 Å². The molecule has 0 aromatic heterocycles. The van der Waals surface area contributed by atoms with Gasteiger partial charge in [0, 0.05) is 16.4 Å². The van der Waals surface area contributed by atoms with Crippen LogP contribution in [0, 0.1) is 10.7 Å². The molecule has 10 heteroatoms. The van der Waals surface area contributed by atoms with Crippen molar-refractivity contribution in [2.75, 3.05) is 6.26 Å². The van der Waals surface area contributed by atoms with Gasteiger partial charge in [-0.25, -0.2) is 8.42 Å². The largest absolute Gasteiger partial charge is 0.424 e. The first kappa shape index (κ1) is 20.3. The molecule has 1 rings (SSSR count). The van der Waals surface area contributed by atoms with Crippen LogP contribution in [0.25, 0.3) is 0 Å². The zero-order valence-electron chi connectivity index (χ0n) is 11.4. The number of halogens is 3. The molecule has 0 atom stereocenters. The van der Waals surface area contributed by atoms with Gasteiger partial charge in [-0.2, -0.15) is 0 Å². The van der Waals surface area contributed by atoms with E-state index in [1.165, 1.54) is 0 Å².